The van der Waals surface area contributed by atoms with Crippen LogP contribution in [0.25, 0.3) is 0 Å². The summed E-state index contributed by atoms with van der Waals surface area (Å²) in [5, 5.41) is 3.20. The zero-order valence-electron chi connectivity index (χ0n) is 10.3. The number of alkyl halides is 3. The minimum atomic E-state index is -4.53. The smallest absolute Gasteiger partial charge is 0.416 e. The summed E-state index contributed by atoms with van der Waals surface area (Å²) in [6.45, 7) is 2.20. The van der Waals surface area contributed by atoms with Gasteiger partial charge in [-0.2, -0.15) is 13.2 Å². The van der Waals surface area contributed by atoms with Crippen molar-refractivity contribution in [1.29, 1.82) is 0 Å². The third-order valence-corrected chi connectivity index (χ3v) is 3.21. The van der Waals surface area contributed by atoms with Crippen LogP contribution in [0.4, 0.5) is 17.6 Å². The van der Waals surface area contributed by atoms with E-state index in [2.05, 4.69) is 5.32 Å². The van der Waals surface area contributed by atoms with Crippen molar-refractivity contribution >= 4 is 0 Å². The van der Waals surface area contributed by atoms with Crippen LogP contribution in [0.1, 0.15) is 18.4 Å². The lowest BCUT2D eigenvalue weighted by molar-refractivity contribution is -0.137. The Balaban J connectivity index is 1.90. The summed E-state index contributed by atoms with van der Waals surface area (Å²) in [4.78, 5) is 0. The zero-order valence-corrected chi connectivity index (χ0v) is 10.3. The molecular weight excluding hydrogens is 262 g/mol. The molecule has 0 saturated carbocycles. The van der Waals surface area contributed by atoms with Gasteiger partial charge in [-0.25, -0.2) is 4.39 Å². The minimum absolute atomic E-state index is 0.126. The normalized spacial score (nSPS) is 19.7. The Hall–Kier alpha value is -1.30. The maximum Gasteiger partial charge on any atom is 0.416 e. The van der Waals surface area contributed by atoms with Gasteiger partial charge in [-0.05, 0) is 50.0 Å². The summed E-state index contributed by atoms with van der Waals surface area (Å²) in [7, 11) is 0. The molecule has 0 aliphatic carbocycles. The molecule has 6 heteroatoms. The molecule has 1 heterocycles. The predicted octanol–water partition coefficient (Wildman–Crippen LogP) is 3.22. The first-order valence-corrected chi connectivity index (χ1v) is 6.17. The second-order valence-corrected chi connectivity index (χ2v) is 4.64. The molecule has 2 rings (SSSR count). The molecule has 1 fully saturated rings. The van der Waals surface area contributed by atoms with Crippen LogP contribution in [-0.2, 0) is 6.18 Å². The molecule has 1 unspecified atom stereocenters. The van der Waals surface area contributed by atoms with Crippen LogP contribution in [0.5, 0.6) is 5.75 Å². The standard InChI is InChI=1S/C13H15F4NO/c14-11-7-10(13(15,16)17)1-2-12(11)19-6-4-9-3-5-18-8-9/h1-2,7,9,18H,3-6,8H2. The maximum atomic E-state index is 13.4. The average Bonchev–Trinajstić information content (AvgIpc) is 2.83. The second-order valence-electron chi connectivity index (χ2n) is 4.64. The highest BCUT2D eigenvalue weighted by Gasteiger charge is 2.31. The van der Waals surface area contributed by atoms with E-state index in [0.717, 1.165) is 38.1 Å². The van der Waals surface area contributed by atoms with Gasteiger partial charge in [-0.1, -0.05) is 0 Å². The fraction of sp³-hybridized carbons (Fsp3) is 0.538. The highest BCUT2D eigenvalue weighted by atomic mass is 19.4. The maximum absolute atomic E-state index is 13.4. The SMILES string of the molecule is Fc1cc(C(F)(F)F)ccc1OCCC1CCNC1. The molecule has 19 heavy (non-hydrogen) atoms. The van der Waals surface area contributed by atoms with E-state index >= 15 is 0 Å². The van der Waals surface area contributed by atoms with E-state index in [-0.39, 0.29) is 5.75 Å². The summed E-state index contributed by atoms with van der Waals surface area (Å²) in [5.74, 6) is -0.601. The van der Waals surface area contributed by atoms with Crippen molar-refractivity contribution in [2.45, 2.75) is 19.0 Å². The highest BCUT2D eigenvalue weighted by molar-refractivity contribution is 5.30. The number of hydrogen-bond donors (Lipinski definition) is 1. The van der Waals surface area contributed by atoms with Crippen LogP contribution in [-0.4, -0.2) is 19.7 Å². The molecule has 1 atom stereocenters. The lowest BCUT2D eigenvalue weighted by Crippen LogP contribution is -2.12. The van der Waals surface area contributed by atoms with Crippen LogP contribution < -0.4 is 10.1 Å². The number of ether oxygens (including phenoxy) is 1. The fourth-order valence-corrected chi connectivity index (χ4v) is 2.09. The minimum Gasteiger partial charge on any atom is -0.491 e. The molecule has 1 N–H and O–H groups in total. The van der Waals surface area contributed by atoms with E-state index in [9.17, 15) is 17.6 Å². The van der Waals surface area contributed by atoms with Gasteiger partial charge in [0.15, 0.2) is 11.6 Å². The van der Waals surface area contributed by atoms with Crippen molar-refractivity contribution in [1.82, 2.24) is 5.32 Å². The second kappa shape index (κ2) is 5.77. The summed E-state index contributed by atoms with van der Waals surface area (Å²) in [5.41, 5.74) is -1.00. The molecule has 1 aromatic rings. The third kappa shape index (κ3) is 3.83. The lowest BCUT2D eigenvalue weighted by atomic mass is 10.1. The van der Waals surface area contributed by atoms with Crippen molar-refractivity contribution in [2.75, 3.05) is 19.7 Å². The summed E-state index contributed by atoms with van der Waals surface area (Å²) < 4.78 is 55.7. The van der Waals surface area contributed by atoms with E-state index in [1.807, 2.05) is 0 Å². The quantitative estimate of drug-likeness (QED) is 0.853. The number of halogens is 4. The van der Waals surface area contributed by atoms with Crippen molar-refractivity contribution in [3.8, 4) is 5.75 Å². The molecular formula is C13H15F4NO. The van der Waals surface area contributed by atoms with Gasteiger partial charge in [0.1, 0.15) is 0 Å². The van der Waals surface area contributed by atoms with Gasteiger partial charge in [0, 0.05) is 0 Å². The average molecular weight is 277 g/mol. The largest absolute Gasteiger partial charge is 0.491 e. The van der Waals surface area contributed by atoms with Crippen LogP contribution in [0, 0.1) is 11.7 Å². The highest BCUT2D eigenvalue weighted by Crippen LogP contribution is 2.32. The van der Waals surface area contributed by atoms with E-state index in [0.29, 0.717) is 18.6 Å². The fourth-order valence-electron chi connectivity index (χ4n) is 2.09. The van der Waals surface area contributed by atoms with Crippen molar-refractivity contribution in [3.05, 3.63) is 29.6 Å². The van der Waals surface area contributed by atoms with Crippen LogP contribution in [0.2, 0.25) is 0 Å². The Morgan fingerprint density at radius 3 is 2.68 bits per heavy atom. The van der Waals surface area contributed by atoms with Gasteiger partial charge in [0.05, 0.1) is 12.2 Å². The van der Waals surface area contributed by atoms with Crippen molar-refractivity contribution in [2.24, 2.45) is 5.92 Å². The topological polar surface area (TPSA) is 21.3 Å². The number of hydrogen-bond acceptors (Lipinski definition) is 2. The van der Waals surface area contributed by atoms with E-state index in [1.165, 1.54) is 0 Å². The van der Waals surface area contributed by atoms with Crippen LogP contribution >= 0.6 is 0 Å². The Kier molecular flexibility index (Phi) is 4.29. The monoisotopic (exact) mass is 277 g/mol. The molecule has 1 aliphatic heterocycles. The van der Waals surface area contributed by atoms with Gasteiger partial charge in [-0.15, -0.1) is 0 Å². The van der Waals surface area contributed by atoms with E-state index < -0.39 is 17.6 Å². The molecule has 106 valence electrons. The molecule has 1 aliphatic rings. The first kappa shape index (κ1) is 14.1. The van der Waals surface area contributed by atoms with Gasteiger partial charge >= 0.3 is 6.18 Å². The first-order chi connectivity index (χ1) is 8.97. The molecule has 1 aromatic carbocycles. The van der Waals surface area contributed by atoms with Gasteiger partial charge < -0.3 is 10.1 Å². The Labute approximate surface area is 108 Å². The zero-order chi connectivity index (χ0) is 13.9. The van der Waals surface area contributed by atoms with E-state index in [4.69, 9.17) is 4.74 Å². The third-order valence-electron chi connectivity index (χ3n) is 3.21. The number of nitrogens with one attached hydrogen (secondary N) is 1. The predicted molar refractivity (Wildman–Crippen MR) is 62.5 cm³/mol. The van der Waals surface area contributed by atoms with Crippen LogP contribution in [0.15, 0.2) is 18.2 Å². The molecule has 1 saturated heterocycles. The summed E-state index contributed by atoms with van der Waals surface area (Å²) in [6.07, 6.45) is -2.71. The van der Waals surface area contributed by atoms with Crippen molar-refractivity contribution < 1.29 is 22.3 Å². The lowest BCUT2D eigenvalue weighted by Gasteiger charge is -2.12. The molecule has 2 nitrogen and oxygen atoms in total. The van der Waals surface area contributed by atoms with Crippen molar-refractivity contribution in [3.63, 3.8) is 0 Å². The molecule has 0 aromatic heterocycles. The van der Waals surface area contributed by atoms with Gasteiger partial charge in [0.25, 0.3) is 0 Å². The van der Waals surface area contributed by atoms with E-state index in [1.54, 1.807) is 0 Å². The van der Waals surface area contributed by atoms with Crippen LogP contribution in [0.3, 0.4) is 0 Å². The van der Waals surface area contributed by atoms with Gasteiger partial charge in [-0.3, -0.25) is 0 Å². The Bertz CT molecular complexity index is 427. The summed E-state index contributed by atoms with van der Waals surface area (Å²) >= 11 is 0. The molecule has 0 spiro atoms. The Morgan fingerprint density at radius 1 is 1.32 bits per heavy atom. The molecule has 0 amide bonds. The van der Waals surface area contributed by atoms with Gasteiger partial charge in [0.2, 0.25) is 0 Å². The number of benzene rings is 1. The molecule has 0 radical (unpaired) electrons. The first-order valence-electron chi connectivity index (χ1n) is 6.17. The number of rotatable bonds is 4. The Morgan fingerprint density at radius 2 is 2.11 bits per heavy atom. The molecule has 0 bridgehead atoms. The summed E-state index contributed by atoms with van der Waals surface area (Å²) in [6, 6.07) is 2.33.